The Morgan fingerprint density at radius 1 is 1.37 bits per heavy atom. The number of rotatable bonds is 2. The Morgan fingerprint density at radius 2 is 2.05 bits per heavy atom. The highest BCUT2D eigenvalue weighted by molar-refractivity contribution is 5.92. The summed E-state index contributed by atoms with van der Waals surface area (Å²) in [5, 5.41) is 2.91. The lowest BCUT2D eigenvalue weighted by Gasteiger charge is -2.30. The molecule has 5 heteroatoms. The van der Waals surface area contributed by atoms with E-state index in [1.807, 2.05) is 13.0 Å². The lowest BCUT2D eigenvalue weighted by Crippen LogP contribution is -2.40. The van der Waals surface area contributed by atoms with Crippen LogP contribution in [0.1, 0.15) is 25.5 Å². The second-order valence-corrected chi connectivity index (χ2v) is 4.96. The van der Waals surface area contributed by atoms with E-state index < -0.39 is 0 Å². The molecule has 1 aliphatic heterocycles. The van der Waals surface area contributed by atoms with Crippen molar-refractivity contribution in [1.82, 2.24) is 9.88 Å². The molecule has 0 aliphatic carbocycles. The van der Waals surface area contributed by atoms with Crippen LogP contribution in [0, 0.1) is 12.8 Å². The van der Waals surface area contributed by atoms with Gasteiger partial charge in [-0.2, -0.15) is 0 Å². The molecule has 2 rings (SSSR count). The Balaban J connectivity index is 1.90. The molecule has 0 saturated carbocycles. The number of carbonyl (C=O) groups excluding carboxylic acids is 2. The Labute approximate surface area is 113 Å². The van der Waals surface area contributed by atoms with Gasteiger partial charge in [-0.3, -0.25) is 14.6 Å². The number of aromatic nitrogens is 1. The van der Waals surface area contributed by atoms with Crippen molar-refractivity contribution in [3.05, 3.63) is 24.0 Å². The van der Waals surface area contributed by atoms with E-state index in [9.17, 15) is 9.59 Å². The minimum atomic E-state index is -0.0101. The number of hydrogen-bond acceptors (Lipinski definition) is 3. The molecule has 1 fully saturated rings. The molecule has 1 aliphatic rings. The van der Waals surface area contributed by atoms with Crippen LogP contribution in [0.15, 0.2) is 18.3 Å². The molecule has 1 aromatic rings. The minimum Gasteiger partial charge on any atom is -0.343 e. The number of nitrogens with zero attached hydrogens (tertiary/aromatic N) is 2. The molecule has 19 heavy (non-hydrogen) atoms. The molecule has 0 atom stereocenters. The van der Waals surface area contributed by atoms with Gasteiger partial charge in [-0.1, -0.05) is 0 Å². The Bertz CT molecular complexity index is 479. The van der Waals surface area contributed by atoms with E-state index in [0.29, 0.717) is 13.1 Å². The summed E-state index contributed by atoms with van der Waals surface area (Å²) < 4.78 is 0. The first-order valence-corrected chi connectivity index (χ1v) is 6.55. The van der Waals surface area contributed by atoms with Crippen LogP contribution in [-0.4, -0.2) is 34.8 Å². The normalized spacial score (nSPS) is 16.2. The van der Waals surface area contributed by atoms with Gasteiger partial charge in [0.15, 0.2) is 0 Å². The fourth-order valence-electron chi connectivity index (χ4n) is 2.32. The van der Waals surface area contributed by atoms with Crippen molar-refractivity contribution in [2.45, 2.75) is 26.7 Å². The monoisotopic (exact) mass is 261 g/mol. The van der Waals surface area contributed by atoms with Crippen LogP contribution in [-0.2, 0) is 9.59 Å². The smallest absolute Gasteiger partial charge is 0.227 e. The molecule has 1 saturated heterocycles. The quantitative estimate of drug-likeness (QED) is 0.879. The van der Waals surface area contributed by atoms with E-state index in [1.165, 1.54) is 0 Å². The predicted octanol–water partition coefficient (Wildman–Crippen LogP) is 1.59. The fraction of sp³-hybridized carbons (Fsp3) is 0.500. The highest BCUT2D eigenvalue weighted by atomic mass is 16.2. The summed E-state index contributed by atoms with van der Waals surface area (Å²) in [5.74, 6) is 0.112. The Kier molecular flexibility index (Phi) is 4.14. The fourth-order valence-corrected chi connectivity index (χ4v) is 2.32. The molecule has 0 aromatic carbocycles. The third-order valence-corrected chi connectivity index (χ3v) is 3.48. The number of hydrogen-bond donors (Lipinski definition) is 1. The summed E-state index contributed by atoms with van der Waals surface area (Å²) in [6, 6.07) is 3.64. The van der Waals surface area contributed by atoms with E-state index in [4.69, 9.17) is 0 Å². The Hall–Kier alpha value is -1.91. The molecular weight excluding hydrogens is 242 g/mol. The number of aryl methyl sites for hydroxylation is 1. The SMILES string of the molecule is CC(=O)N1CCC(C(=O)Nc2ccnc(C)c2)CC1. The highest BCUT2D eigenvalue weighted by Gasteiger charge is 2.25. The second kappa shape index (κ2) is 5.82. The number of nitrogens with one attached hydrogen (secondary N) is 1. The zero-order valence-corrected chi connectivity index (χ0v) is 11.3. The van der Waals surface area contributed by atoms with Crippen LogP contribution < -0.4 is 5.32 Å². The first-order valence-electron chi connectivity index (χ1n) is 6.55. The summed E-state index contributed by atoms with van der Waals surface area (Å²) in [6.45, 7) is 4.80. The largest absolute Gasteiger partial charge is 0.343 e. The van der Waals surface area contributed by atoms with E-state index >= 15 is 0 Å². The van der Waals surface area contributed by atoms with Gasteiger partial charge in [-0.15, -0.1) is 0 Å². The molecule has 102 valence electrons. The van der Waals surface area contributed by atoms with E-state index in [2.05, 4.69) is 10.3 Å². The molecule has 2 heterocycles. The van der Waals surface area contributed by atoms with Crippen molar-refractivity contribution >= 4 is 17.5 Å². The van der Waals surface area contributed by atoms with Crippen LogP contribution in [0.5, 0.6) is 0 Å². The van der Waals surface area contributed by atoms with Crippen molar-refractivity contribution in [3.8, 4) is 0 Å². The first kappa shape index (κ1) is 13.5. The maximum atomic E-state index is 12.1. The van der Waals surface area contributed by atoms with Gasteiger partial charge < -0.3 is 10.2 Å². The van der Waals surface area contributed by atoms with Gasteiger partial charge >= 0.3 is 0 Å². The van der Waals surface area contributed by atoms with E-state index in [0.717, 1.165) is 24.2 Å². The van der Waals surface area contributed by atoms with Crippen LogP contribution in [0.4, 0.5) is 5.69 Å². The van der Waals surface area contributed by atoms with Gasteiger partial charge in [0.25, 0.3) is 0 Å². The third-order valence-electron chi connectivity index (χ3n) is 3.48. The number of likely N-dealkylation sites (tertiary alicyclic amines) is 1. The predicted molar refractivity (Wildman–Crippen MR) is 72.6 cm³/mol. The Morgan fingerprint density at radius 3 is 2.63 bits per heavy atom. The van der Waals surface area contributed by atoms with Gasteiger partial charge in [0.1, 0.15) is 0 Å². The first-order chi connectivity index (χ1) is 9.06. The molecule has 0 unspecified atom stereocenters. The molecule has 0 spiro atoms. The molecule has 1 N–H and O–H groups in total. The lowest BCUT2D eigenvalue weighted by atomic mass is 9.96. The molecule has 0 bridgehead atoms. The second-order valence-electron chi connectivity index (χ2n) is 4.96. The summed E-state index contributed by atoms with van der Waals surface area (Å²) in [4.78, 5) is 29.2. The average Bonchev–Trinajstić information content (AvgIpc) is 2.39. The molecule has 0 radical (unpaired) electrons. The van der Waals surface area contributed by atoms with Crippen LogP contribution in [0.3, 0.4) is 0 Å². The van der Waals surface area contributed by atoms with Crippen LogP contribution >= 0.6 is 0 Å². The van der Waals surface area contributed by atoms with Crippen LogP contribution in [0.2, 0.25) is 0 Å². The summed E-state index contributed by atoms with van der Waals surface area (Å²) in [5.41, 5.74) is 1.66. The zero-order chi connectivity index (χ0) is 13.8. The summed E-state index contributed by atoms with van der Waals surface area (Å²) >= 11 is 0. The van der Waals surface area contributed by atoms with Crippen molar-refractivity contribution in [2.24, 2.45) is 5.92 Å². The maximum Gasteiger partial charge on any atom is 0.227 e. The van der Waals surface area contributed by atoms with Gasteiger partial charge in [-0.05, 0) is 31.9 Å². The van der Waals surface area contributed by atoms with E-state index in [-0.39, 0.29) is 17.7 Å². The zero-order valence-electron chi connectivity index (χ0n) is 11.3. The molecule has 2 amide bonds. The van der Waals surface area contributed by atoms with Crippen LogP contribution in [0.25, 0.3) is 0 Å². The molecular formula is C14H19N3O2. The van der Waals surface area contributed by atoms with Gasteiger partial charge in [0.05, 0.1) is 0 Å². The highest BCUT2D eigenvalue weighted by Crippen LogP contribution is 2.19. The van der Waals surface area contributed by atoms with Gasteiger partial charge in [0, 0.05) is 43.5 Å². The topological polar surface area (TPSA) is 62.3 Å². The number of anilines is 1. The molecule has 1 aromatic heterocycles. The summed E-state index contributed by atoms with van der Waals surface area (Å²) in [6.07, 6.45) is 3.15. The van der Waals surface area contributed by atoms with Gasteiger partial charge in [-0.25, -0.2) is 0 Å². The standard InChI is InChI=1S/C14H19N3O2/c1-10-9-13(3-6-15-10)16-14(19)12-4-7-17(8-5-12)11(2)18/h3,6,9,12H,4-5,7-8H2,1-2H3,(H,15,16,19). The van der Waals surface area contributed by atoms with E-state index in [1.54, 1.807) is 24.1 Å². The lowest BCUT2D eigenvalue weighted by molar-refractivity contribution is -0.132. The number of piperidine rings is 1. The third kappa shape index (κ3) is 3.53. The van der Waals surface area contributed by atoms with Crippen molar-refractivity contribution in [2.75, 3.05) is 18.4 Å². The summed E-state index contributed by atoms with van der Waals surface area (Å²) in [7, 11) is 0. The number of carbonyl (C=O) groups is 2. The molecule has 5 nitrogen and oxygen atoms in total. The number of amides is 2. The van der Waals surface area contributed by atoms with Crippen molar-refractivity contribution in [3.63, 3.8) is 0 Å². The van der Waals surface area contributed by atoms with Crippen molar-refractivity contribution in [1.29, 1.82) is 0 Å². The maximum absolute atomic E-state index is 12.1. The van der Waals surface area contributed by atoms with Gasteiger partial charge in [0.2, 0.25) is 11.8 Å². The minimum absolute atomic E-state index is 0.0101. The number of pyridine rings is 1. The average molecular weight is 261 g/mol. The van der Waals surface area contributed by atoms with Crippen molar-refractivity contribution < 1.29 is 9.59 Å².